The molecule has 1 heterocycles. The van der Waals surface area contributed by atoms with Gasteiger partial charge in [-0.05, 0) is 6.92 Å². The number of imide groups is 1. The van der Waals surface area contributed by atoms with E-state index < -0.39 is 23.8 Å². The summed E-state index contributed by atoms with van der Waals surface area (Å²) in [7, 11) is 0. The SMILES string of the molecule is C[C@H](C(=O)[O-])N1C(=O)c2c(Cl)c(Cl)c(Cl)c(Cl)c2C1=O. The van der Waals surface area contributed by atoms with Gasteiger partial charge in [-0.2, -0.15) is 0 Å². The van der Waals surface area contributed by atoms with Crippen molar-refractivity contribution in [2.45, 2.75) is 13.0 Å². The van der Waals surface area contributed by atoms with Crippen LogP contribution in [-0.2, 0) is 4.79 Å². The van der Waals surface area contributed by atoms with Crippen LogP contribution in [0.2, 0.25) is 20.1 Å². The van der Waals surface area contributed by atoms with Crippen molar-refractivity contribution >= 4 is 64.2 Å². The van der Waals surface area contributed by atoms with Gasteiger partial charge in [0.2, 0.25) is 0 Å². The molecular formula is C11H4Cl4NO4-. The number of rotatable bonds is 2. The van der Waals surface area contributed by atoms with E-state index in [4.69, 9.17) is 46.4 Å². The summed E-state index contributed by atoms with van der Waals surface area (Å²) in [6, 6.07) is -1.48. The van der Waals surface area contributed by atoms with Gasteiger partial charge in [-0.3, -0.25) is 14.5 Å². The second-order valence-electron chi connectivity index (χ2n) is 3.98. The Hall–Kier alpha value is -1.01. The summed E-state index contributed by atoms with van der Waals surface area (Å²) >= 11 is 23.4. The molecule has 0 spiro atoms. The number of nitrogens with zero attached hydrogens (tertiary/aromatic N) is 1. The molecule has 20 heavy (non-hydrogen) atoms. The first-order valence-electron chi connectivity index (χ1n) is 5.14. The summed E-state index contributed by atoms with van der Waals surface area (Å²) in [5, 5.41) is 10.0. The van der Waals surface area contributed by atoms with E-state index in [1.165, 1.54) is 0 Å². The minimum atomic E-state index is -1.59. The topological polar surface area (TPSA) is 77.5 Å². The van der Waals surface area contributed by atoms with Crippen molar-refractivity contribution in [2.75, 3.05) is 0 Å². The molecule has 2 amide bonds. The van der Waals surface area contributed by atoms with Crippen molar-refractivity contribution in [2.24, 2.45) is 0 Å². The summed E-state index contributed by atoms with van der Waals surface area (Å²) < 4.78 is 0. The molecule has 0 saturated heterocycles. The average molecular weight is 356 g/mol. The standard InChI is InChI=1S/C11H5Cl4NO4/c1-2(11(19)20)16-9(17)3-4(10(16)18)6(13)8(15)7(14)5(3)12/h2H,1H3,(H,19,20)/p-1/t2-/m1/s1. The number of carboxylic acids is 1. The van der Waals surface area contributed by atoms with Crippen molar-refractivity contribution in [1.29, 1.82) is 0 Å². The maximum Gasteiger partial charge on any atom is 0.263 e. The zero-order valence-corrected chi connectivity index (χ0v) is 12.7. The molecule has 2 rings (SSSR count). The zero-order valence-electron chi connectivity index (χ0n) is 9.67. The van der Waals surface area contributed by atoms with Gasteiger partial charge in [0, 0.05) is 0 Å². The summed E-state index contributed by atoms with van der Waals surface area (Å²) in [6.45, 7) is 1.13. The molecule has 0 aromatic heterocycles. The molecule has 0 radical (unpaired) electrons. The van der Waals surface area contributed by atoms with Crippen LogP contribution in [0, 0.1) is 0 Å². The Morgan fingerprint density at radius 1 is 0.950 bits per heavy atom. The van der Waals surface area contributed by atoms with Crippen LogP contribution in [0.1, 0.15) is 27.6 Å². The van der Waals surface area contributed by atoms with Crippen LogP contribution < -0.4 is 5.11 Å². The van der Waals surface area contributed by atoms with E-state index in [0.29, 0.717) is 4.90 Å². The number of aliphatic carboxylic acids is 1. The van der Waals surface area contributed by atoms with Crippen LogP contribution in [0.4, 0.5) is 0 Å². The lowest BCUT2D eigenvalue weighted by molar-refractivity contribution is -0.309. The molecule has 0 aliphatic carbocycles. The molecule has 0 N–H and O–H groups in total. The highest BCUT2D eigenvalue weighted by molar-refractivity contribution is 6.55. The number of fused-ring (bicyclic) bond motifs is 1. The number of hydrogen-bond acceptors (Lipinski definition) is 4. The molecule has 9 heteroatoms. The molecule has 106 valence electrons. The molecule has 0 fully saturated rings. The fraction of sp³-hybridized carbons (Fsp3) is 0.182. The van der Waals surface area contributed by atoms with E-state index in [9.17, 15) is 19.5 Å². The second-order valence-corrected chi connectivity index (χ2v) is 5.49. The van der Waals surface area contributed by atoms with E-state index in [2.05, 4.69) is 0 Å². The Bertz CT molecular complexity index is 626. The Kier molecular flexibility index (Phi) is 3.90. The van der Waals surface area contributed by atoms with Crippen LogP contribution in [0.15, 0.2) is 0 Å². The first kappa shape index (κ1) is 15.4. The van der Waals surface area contributed by atoms with E-state index in [1.54, 1.807) is 0 Å². The van der Waals surface area contributed by atoms with E-state index in [1.807, 2.05) is 0 Å². The third kappa shape index (κ3) is 1.97. The fourth-order valence-corrected chi connectivity index (χ4v) is 2.84. The second kappa shape index (κ2) is 5.07. The van der Waals surface area contributed by atoms with Crippen molar-refractivity contribution in [3.63, 3.8) is 0 Å². The lowest BCUT2D eigenvalue weighted by atomic mass is 10.1. The van der Waals surface area contributed by atoms with Crippen LogP contribution in [0.25, 0.3) is 0 Å². The average Bonchev–Trinajstić information content (AvgIpc) is 2.64. The predicted molar refractivity (Wildman–Crippen MR) is 71.5 cm³/mol. The number of carboxylic acid groups (broad SMARTS) is 1. The molecule has 0 unspecified atom stereocenters. The van der Waals surface area contributed by atoms with Crippen molar-refractivity contribution in [3.05, 3.63) is 31.2 Å². The third-order valence-electron chi connectivity index (χ3n) is 2.86. The summed E-state index contributed by atoms with van der Waals surface area (Å²) in [6.07, 6.45) is 0. The quantitative estimate of drug-likeness (QED) is 0.462. The van der Waals surface area contributed by atoms with Crippen molar-refractivity contribution < 1.29 is 19.5 Å². The Balaban J connectivity index is 2.73. The monoisotopic (exact) mass is 354 g/mol. The van der Waals surface area contributed by atoms with E-state index in [-0.39, 0.29) is 31.2 Å². The third-order valence-corrected chi connectivity index (χ3v) is 4.66. The minimum Gasteiger partial charge on any atom is -0.548 e. The highest BCUT2D eigenvalue weighted by atomic mass is 35.5. The Morgan fingerprint density at radius 3 is 1.60 bits per heavy atom. The number of halogens is 4. The summed E-state index contributed by atoms with van der Waals surface area (Å²) in [5.41, 5.74) is -0.520. The number of benzene rings is 1. The first-order valence-corrected chi connectivity index (χ1v) is 6.66. The minimum absolute atomic E-state index is 0.179. The normalized spacial score (nSPS) is 15.6. The Labute approximate surface area is 133 Å². The molecule has 1 atom stereocenters. The molecule has 0 bridgehead atoms. The van der Waals surface area contributed by atoms with Crippen LogP contribution >= 0.6 is 46.4 Å². The molecule has 1 aromatic rings. The summed E-state index contributed by atoms with van der Waals surface area (Å²) in [4.78, 5) is 35.7. The summed E-state index contributed by atoms with van der Waals surface area (Å²) in [5.74, 6) is -3.41. The molecule has 0 saturated carbocycles. The first-order chi connectivity index (χ1) is 9.20. The lowest BCUT2D eigenvalue weighted by Crippen LogP contribution is -2.48. The maximum absolute atomic E-state index is 12.2. The number of hydrogen-bond donors (Lipinski definition) is 0. The molecule has 1 aliphatic heterocycles. The molecule has 1 aliphatic rings. The van der Waals surface area contributed by atoms with Crippen LogP contribution in [-0.4, -0.2) is 28.7 Å². The number of amides is 2. The van der Waals surface area contributed by atoms with Crippen molar-refractivity contribution in [3.8, 4) is 0 Å². The molecular weight excluding hydrogens is 352 g/mol. The van der Waals surface area contributed by atoms with Gasteiger partial charge < -0.3 is 9.90 Å². The van der Waals surface area contributed by atoms with Gasteiger partial charge in [0.15, 0.2) is 0 Å². The molecule has 1 aromatic carbocycles. The largest absolute Gasteiger partial charge is 0.548 e. The van der Waals surface area contributed by atoms with Gasteiger partial charge in [-0.1, -0.05) is 46.4 Å². The predicted octanol–water partition coefficient (Wildman–Crippen LogP) is 2.03. The number of carbonyl (C=O) groups excluding carboxylic acids is 3. The van der Waals surface area contributed by atoms with Gasteiger partial charge in [-0.25, -0.2) is 0 Å². The zero-order chi connectivity index (χ0) is 15.4. The Morgan fingerprint density at radius 2 is 1.30 bits per heavy atom. The van der Waals surface area contributed by atoms with Gasteiger partial charge >= 0.3 is 0 Å². The van der Waals surface area contributed by atoms with Crippen LogP contribution in [0.3, 0.4) is 0 Å². The smallest absolute Gasteiger partial charge is 0.263 e. The lowest BCUT2D eigenvalue weighted by Gasteiger charge is -2.22. The van der Waals surface area contributed by atoms with E-state index in [0.717, 1.165) is 6.92 Å². The van der Waals surface area contributed by atoms with Gasteiger partial charge in [-0.15, -0.1) is 0 Å². The highest BCUT2D eigenvalue weighted by Crippen LogP contribution is 2.45. The van der Waals surface area contributed by atoms with Gasteiger partial charge in [0.05, 0.1) is 43.2 Å². The number of carbonyl (C=O) groups is 3. The maximum atomic E-state index is 12.2. The molecule has 5 nitrogen and oxygen atoms in total. The highest BCUT2D eigenvalue weighted by Gasteiger charge is 2.43. The van der Waals surface area contributed by atoms with Crippen molar-refractivity contribution in [1.82, 2.24) is 4.90 Å². The van der Waals surface area contributed by atoms with Crippen LogP contribution in [0.5, 0.6) is 0 Å². The van der Waals surface area contributed by atoms with Gasteiger partial charge in [0.25, 0.3) is 11.8 Å². The van der Waals surface area contributed by atoms with E-state index >= 15 is 0 Å². The fourth-order valence-electron chi connectivity index (χ4n) is 1.82. The van der Waals surface area contributed by atoms with Gasteiger partial charge in [0.1, 0.15) is 0 Å².